The van der Waals surface area contributed by atoms with Gasteiger partial charge in [-0.3, -0.25) is 0 Å². The Kier molecular flexibility index (Phi) is 7.50. The van der Waals surface area contributed by atoms with Crippen molar-refractivity contribution in [3.63, 3.8) is 0 Å². The molecule has 0 heterocycles. The van der Waals surface area contributed by atoms with E-state index in [4.69, 9.17) is 13.6 Å². The van der Waals surface area contributed by atoms with Gasteiger partial charge in [-0.15, -0.1) is 0 Å². The SMILES string of the molecule is O=P(O/C=C/c1ccccc1)(O/C=C/c1ccccc1)O/C=C/c1ccccc1. The zero-order valence-corrected chi connectivity index (χ0v) is 16.6. The molecule has 0 unspecified atom stereocenters. The van der Waals surface area contributed by atoms with Crippen LogP contribution >= 0.6 is 7.82 Å². The fourth-order valence-corrected chi connectivity index (χ4v) is 3.10. The van der Waals surface area contributed by atoms with Crippen molar-refractivity contribution in [3.05, 3.63) is 126 Å². The standard InChI is InChI=1S/C24H21O4P/c25-29(26-19-16-22-10-4-1-5-11-22,27-20-17-23-12-6-2-7-13-23)28-21-18-24-14-8-3-9-15-24/h1-21H/b19-16+,20-17+,21-18+. The predicted octanol–water partition coefficient (Wildman–Crippen LogP) is 7.16. The minimum absolute atomic E-state index is 0.902. The molecule has 0 bridgehead atoms. The summed E-state index contributed by atoms with van der Waals surface area (Å²) in [6.07, 6.45) is 8.97. The molecule has 0 fully saturated rings. The van der Waals surface area contributed by atoms with Crippen molar-refractivity contribution in [2.24, 2.45) is 0 Å². The van der Waals surface area contributed by atoms with Crippen molar-refractivity contribution < 1.29 is 18.1 Å². The highest BCUT2D eigenvalue weighted by Gasteiger charge is 2.27. The summed E-state index contributed by atoms with van der Waals surface area (Å²) in [7, 11) is -3.89. The maximum absolute atomic E-state index is 13.0. The topological polar surface area (TPSA) is 44.8 Å². The molecule has 0 spiro atoms. The van der Waals surface area contributed by atoms with Crippen LogP contribution in [0.5, 0.6) is 0 Å². The summed E-state index contributed by atoms with van der Waals surface area (Å²) < 4.78 is 29.0. The first-order valence-electron chi connectivity index (χ1n) is 9.04. The highest BCUT2D eigenvalue weighted by molar-refractivity contribution is 7.48. The monoisotopic (exact) mass is 404 g/mol. The lowest BCUT2D eigenvalue weighted by atomic mass is 10.2. The minimum atomic E-state index is -3.89. The zero-order chi connectivity index (χ0) is 20.2. The third-order valence-electron chi connectivity index (χ3n) is 3.75. The van der Waals surface area contributed by atoms with Gasteiger partial charge in [0.1, 0.15) is 0 Å². The molecule has 0 aliphatic heterocycles. The molecule has 3 rings (SSSR count). The molecule has 0 atom stereocenters. The molecule has 0 aliphatic carbocycles. The second-order valence-corrected chi connectivity index (χ2v) is 7.43. The molecule has 29 heavy (non-hydrogen) atoms. The Hall–Kier alpha value is -3.49. The largest absolute Gasteiger partial charge is 0.645 e. The Bertz CT molecular complexity index is 865. The summed E-state index contributed by atoms with van der Waals surface area (Å²) in [5.41, 5.74) is 2.70. The zero-order valence-electron chi connectivity index (χ0n) is 15.7. The molecule has 5 heteroatoms. The van der Waals surface area contributed by atoms with Crippen LogP contribution < -0.4 is 0 Å². The Morgan fingerprint density at radius 2 is 0.759 bits per heavy atom. The van der Waals surface area contributed by atoms with Gasteiger partial charge in [-0.05, 0) is 34.9 Å². The van der Waals surface area contributed by atoms with Gasteiger partial charge < -0.3 is 13.6 Å². The van der Waals surface area contributed by atoms with Crippen LogP contribution in [0.3, 0.4) is 0 Å². The van der Waals surface area contributed by atoms with Crippen molar-refractivity contribution in [2.45, 2.75) is 0 Å². The van der Waals surface area contributed by atoms with Gasteiger partial charge in [0, 0.05) is 0 Å². The Labute approximate surface area is 171 Å². The van der Waals surface area contributed by atoms with E-state index in [-0.39, 0.29) is 0 Å². The molecule has 0 radical (unpaired) electrons. The van der Waals surface area contributed by atoms with Gasteiger partial charge in [0.25, 0.3) is 0 Å². The first-order valence-corrected chi connectivity index (χ1v) is 10.5. The van der Waals surface area contributed by atoms with Crippen molar-refractivity contribution in [2.75, 3.05) is 0 Å². The summed E-state index contributed by atoms with van der Waals surface area (Å²) in [6.45, 7) is 0. The van der Waals surface area contributed by atoms with Crippen LogP contribution in [0, 0.1) is 0 Å². The highest BCUT2D eigenvalue weighted by atomic mass is 31.2. The van der Waals surface area contributed by atoms with E-state index in [1.54, 1.807) is 18.2 Å². The number of benzene rings is 3. The molecule has 0 saturated carbocycles. The highest BCUT2D eigenvalue weighted by Crippen LogP contribution is 2.50. The third-order valence-corrected chi connectivity index (χ3v) is 4.89. The van der Waals surface area contributed by atoms with Gasteiger partial charge >= 0.3 is 7.82 Å². The fourth-order valence-electron chi connectivity index (χ4n) is 2.32. The van der Waals surface area contributed by atoms with Crippen LogP contribution in [-0.4, -0.2) is 0 Å². The number of hydrogen-bond acceptors (Lipinski definition) is 4. The van der Waals surface area contributed by atoms with Crippen LogP contribution in [0.15, 0.2) is 110 Å². The summed E-state index contributed by atoms with van der Waals surface area (Å²) in [5.74, 6) is 0. The number of phosphoric ester groups is 1. The molecule has 4 nitrogen and oxygen atoms in total. The molecule has 0 amide bonds. The van der Waals surface area contributed by atoms with Gasteiger partial charge in [0.05, 0.1) is 18.8 Å². The van der Waals surface area contributed by atoms with Gasteiger partial charge in [0.15, 0.2) is 0 Å². The Morgan fingerprint density at radius 1 is 0.483 bits per heavy atom. The van der Waals surface area contributed by atoms with E-state index in [1.165, 1.54) is 18.8 Å². The van der Waals surface area contributed by atoms with E-state index >= 15 is 0 Å². The van der Waals surface area contributed by atoms with Crippen LogP contribution in [0.2, 0.25) is 0 Å². The molecular weight excluding hydrogens is 383 g/mol. The maximum atomic E-state index is 13.0. The van der Waals surface area contributed by atoms with Crippen LogP contribution in [0.4, 0.5) is 0 Å². The number of rotatable bonds is 9. The molecule has 0 aromatic heterocycles. The molecule has 3 aromatic carbocycles. The lowest BCUT2D eigenvalue weighted by molar-refractivity contribution is 0.233. The summed E-state index contributed by atoms with van der Waals surface area (Å²) in [5, 5.41) is 0. The van der Waals surface area contributed by atoms with E-state index in [1.807, 2.05) is 91.0 Å². The van der Waals surface area contributed by atoms with Crippen LogP contribution in [0.25, 0.3) is 18.2 Å². The average molecular weight is 404 g/mol. The lowest BCUT2D eigenvalue weighted by Crippen LogP contribution is -1.89. The quantitative estimate of drug-likeness (QED) is 0.280. The van der Waals surface area contributed by atoms with Crippen molar-refractivity contribution in [3.8, 4) is 0 Å². The second kappa shape index (κ2) is 10.7. The number of hydrogen-bond donors (Lipinski definition) is 0. The predicted molar refractivity (Wildman–Crippen MR) is 117 cm³/mol. The maximum Gasteiger partial charge on any atom is 0.645 e. The molecule has 0 saturated heterocycles. The van der Waals surface area contributed by atoms with Gasteiger partial charge in [0.2, 0.25) is 0 Å². The normalized spacial score (nSPS) is 11.9. The van der Waals surface area contributed by atoms with Gasteiger partial charge in [-0.2, -0.15) is 4.57 Å². The van der Waals surface area contributed by atoms with Crippen molar-refractivity contribution in [1.29, 1.82) is 0 Å². The molecule has 3 aromatic rings. The second-order valence-electron chi connectivity index (χ2n) is 5.90. The lowest BCUT2D eigenvalue weighted by Gasteiger charge is -2.13. The Balaban J connectivity index is 1.68. The smallest absolute Gasteiger partial charge is 0.394 e. The van der Waals surface area contributed by atoms with Gasteiger partial charge in [-0.1, -0.05) is 91.0 Å². The van der Waals surface area contributed by atoms with E-state index in [2.05, 4.69) is 0 Å². The van der Waals surface area contributed by atoms with Crippen molar-refractivity contribution >= 4 is 26.1 Å². The first-order chi connectivity index (χ1) is 14.2. The molecular formula is C24H21O4P. The van der Waals surface area contributed by atoms with Crippen LogP contribution in [-0.2, 0) is 18.1 Å². The van der Waals surface area contributed by atoms with Crippen molar-refractivity contribution in [1.82, 2.24) is 0 Å². The fraction of sp³-hybridized carbons (Fsp3) is 0. The average Bonchev–Trinajstić information content (AvgIpc) is 2.76. The molecule has 146 valence electrons. The number of phosphoric acid groups is 1. The van der Waals surface area contributed by atoms with Crippen LogP contribution in [0.1, 0.15) is 16.7 Å². The molecule has 0 aliphatic rings. The first kappa shape index (κ1) is 20.2. The van der Waals surface area contributed by atoms with E-state index in [0.717, 1.165) is 16.7 Å². The van der Waals surface area contributed by atoms with Gasteiger partial charge in [-0.25, -0.2) is 0 Å². The summed E-state index contributed by atoms with van der Waals surface area (Å²) in [4.78, 5) is 0. The van der Waals surface area contributed by atoms with E-state index in [0.29, 0.717) is 0 Å². The Morgan fingerprint density at radius 3 is 1.03 bits per heavy atom. The summed E-state index contributed by atoms with van der Waals surface area (Å²) >= 11 is 0. The molecule has 0 N–H and O–H groups in total. The summed E-state index contributed by atoms with van der Waals surface area (Å²) in [6, 6.07) is 28.5. The van der Waals surface area contributed by atoms with E-state index < -0.39 is 7.82 Å². The minimum Gasteiger partial charge on any atom is -0.394 e. The van der Waals surface area contributed by atoms with E-state index in [9.17, 15) is 4.57 Å². The third kappa shape index (κ3) is 7.21.